The summed E-state index contributed by atoms with van der Waals surface area (Å²) >= 11 is 3.14. The molecule has 46 heavy (non-hydrogen) atoms. The minimum Gasteiger partial charge on any atom is -0.309 e. The Kier molecular flexibility index (Phi) is 8.28. The van der Waals surface area contributed by atoms with Gasteiger partial charge in [-0.3, -0.25) is 19.8 Å². The van der Waals surface area contributed by atoms with Crippen LogP contribution in [0.15, 0.2) is 47.4 Å². The molecule has 0 aromatic carbocycles. The number of aryl methyl sites for hydroxylation is 2. The van der Waals surface area contributed by atoms with Crippen molar-refractivity contribution in [2.24, 2.45) is 0 Å². The van der Waals surface area contributed by atoms with E-state index in [2.05, 4.69) is 51.2 Å². The third kappa shape index (κ3) is 7.46. The maximum absolute atomic E-state index is 12.1. The van der Waals surface area contributed by atoms with Crippen LogP contribution in [0.4, 0.5) is 11.6 Å². The number of nitrogens with zero attached hydrogens (tertiary/aromatic N) is 8. The van der Waals surface area contributed by atoms with Crippen molar-refractivity contribution in [3.8, 4) is 11.6 Å². The molecule has 16 heteroatoms. The molecule has 0 unspecified atom stereocenters. The number of anilines is 2. The van der Waals surface area contributed by atoms with Crippen molar-refractivity contribution < 1.29 is 9.59 Å². The zero-order valence-electron chi connectivity index (χ0n) is 25.2. The van der Waals surface area contributed by atoms with Gasteiger partial charge in [-0.15, -0.1) is 22.7 Å². The van der Waals surface area contributed by atoms with Gasteiger partial charge in [-0.2, -0.15) is 20.4 Å². The average molecular weight is 657 g/mol. The van der Waals surface area contributed by atoms with Gasteiger partial charge < -0.3 is 10.6 Å². The van der Waals surface area contributed by atoms with Crippen LogP contribution in [0, 0.1) is 13.8 Å². The van der Waals surface area contributed by atoms with Gasteiger partial charge in [0, 0.05) is 58.5 Å². The smallest absolute Gasteiger partial charge is 0.231 e. The molecule has 0 spiro atoms. The van der Waals surface area contributed by atoms with Gasteiger partial charge in [-0.1, -0.05) is 0 Å². The van der Waals surface area contributed by atoms with E-state index in [0.29, 0.717) is 34.9 Å². The van der Waals surface area contributed by atoms with Crippen LogP contribution in [0.2, 0.25) is 0 Å². The Balaban J connectivity index is 0.000000147. The fourth-order valence-electron chi connectivity index (χ4n) is 4.79. The summed E-state index contributed by atoms with van der Waals surface area (Å²) in [5.41, 5.74) is 3.60. The summed E-state index contributed by atoms with van der Waals surface area (Å²) in [7, 11) is 0. The molecule has 6 heterocycles. The van der Waals surface area contributed by atoms with E-state index in [1.54, 1.807) is 32.0 Å². The molecule has 0 bridgehead atoms. The fourth-order valence-corrected chi connectivity index (χ4v) is 5.96. The number of thiazole rings is 2. The number of aromatic nitrogens is 10. The standard InChI is InChI=1S/2C15H16N6OS/c2*1-9-16-14(8-23-9)21-5-4-11(20-21)6-15(22)17-13-7-12(18-19-13)10-2-3-10/h2*4-5,7-8,10H,2-3,6H2,1H3,(H2,17,18,19,22). The predicted molar refractivity (Wildman–Crippen MR) is 174 cm³/mol. The maximum atomic E-state index is 12.1. The lowest BCUT2D eigenvalue weighted by atomic mass is 10.3. The number of amides is 2. The molecule has 0 atom stereocenters. The number of aromatic amines is 2. The molecule has 0 radical (unpaired) electrons. The van der Waals surface area contributed by atoms with Gasteiger partial charge in [0.25, 0.3) is 0 Å². The molecule has 4 N–H and O–H groups in total. The summed E-state index contributed by atoms with van der Waals surface area (Å²) in [6, 6.07) is 7.47. The van der Waals surface area contributed by atoms with E-state index in [9.17, 15) is 9.59 Å². The van der Waals surface area contributed by atoms with Crippen LogP contribution in [-0.4, -0.2) is 61.7 Å². The summed E-state index contributed by atoms with van der Waals surface area (Å²) < 4.78 is 3.37. The lowest BCUT2D eigenvalue weighted by molar-refractivity contribution is -0.116. The van der Waals surface area contributed by atoms with Crippen molar-refractivity contribution in [2.75, 3.05) is 10.6 Å². The van der Waals surface area contributed by atoms with Crippen molar-refractivity contribution >= 4 is 46.1 Å². The number of rotatable bonds is 10. The van der Waals surface area contributed by atoms with Crippen LogP contribution < -0.4 is 10.6 Å². The first-order valence-corrected chi connectivity index (χ1v) is 16.7. The van der Waals surface area contributed by atoms with Gasteiger partial charge in [0.15, 0.2) is 23.3 Å². The van der Waals surface area contributed by atoms with Crippen LogP contribution in [0.5, 0.6) is 0 Å². The minimum atomic E-state index is -0.126. The first kappa shape index (κ1) is 29.7. The monoisotopic (exact) mass is 656 g/mol. The highest BCUT2D eigenvalue weighted by Gasteiger charge is 2.26. The summed E-state index contributed by atoms with van der Waals surface area (Å²) in [5, 5.41) is 34.4. The second kappa shape index (κ2) is 12.8. The number of carbonyl (C=O) groups excluding carboxylic acids is 2. The highest BCUT2D eigenvalue weighted by molar-refractivity contribution is 7.10. The van der Waals surface area contributed by atoms with Crippen LogP contribution >= 0.6 is 22.7 Å². The van der Waals surface area contributed by atoms with Gasteiger partial charge in [0.2, 0.25) is 11.8 Å². The quantitative estimate of drug-likeness (QED) is 0.162. The van der Waals surface area contributed by atoms with E-state index in [1.807, 2.05) is 61.3 Å². The number of hydrogen-bond donors (Lipinski definition) is 4. The third-order valence-corrected chi connectivity index (χ3v) is 8.94. The molecule has 8 rings (SSSR count). The minimum absolute atomic E-state index is 0.126. The molecule has 6 aromatic heterocycles. The first-order chi connectivity index (χ1) is 22.3. The number of H-pyrrole nitrogens is 2. The summed E-state index contributed by atoms with van der Waals surface area (Å²) in [6.07, 6.45) is 8.84. The fraction of sp³-hybridized carbons (Fsp3) is 0.333. The van der Waals surface area contributed by atoms with Crippen LogP contribution in [0.1, 0.15) is 70.3 Å². The van der Waals surface area contributed by atoms with Gasteiger partial charge >= 0.3 is 0 Å². The normalized spacial score (nSPS) is 14.1. The highest BCUT2D eigenvalue weighted by atomic mass is 32.1. The van der Waals surface area contributed by atoms with Crippen LogP contribution in [0.25, 0.3) is 11.6 Å². The van der Waals surface area contributed by atoms with Crippen LogP contribution in [-0.2, 0) is 22.4 Å². The molecule has 6 aromatic rings. The summed E-state index contributed by atoms with van der Waals surface area (Å²) in [5.74, 6) is 3.63. The molecular weight excluding hydrogens is 625 g/mol. The maximum Gasteiger partial charge on any atom is 0.231 e. The summed E-state index contributed by atoms with van der Waals surface area (Å²) in [6.45, 7) is 3.90. The van der Waals surface area contributed by atoms with Crippen molar-refractivity contribution in [2.45, 2.75) is 64.2 Å². The van der Waals surface area contributed by atoms with Gasteiger partial charge in [-0.25, -0.2) is 19.3 Å². The lowest BCUT2D eigenvalue weighted by Gasteiger charge is -1.99. The van der Waals surface area contributed by atoms with Crippen molar-refractivity contribution in [3.05, 3.63) is 80.2 Å². The Morgan fingerprint density at radius 1 is 0.761 bits per heavy atom. The molecule has 2 saturated carbocycles. The molecule has 2 fully saturated rings. The number of nitrogens with one attached hydrogen (secondary N) is 4. The lowest BCUT2D eigenvalue weighted by Crippen LogP contribution is -2.15. The number of carbonyl (C=O) groups is 2. The number of hydrogen-bond acceptors (Lipinski definition) is 10. The topological polar surface area (TPSA) is 177 Å². The third-order valence-electron chi connectivity index (χ3n) is 7.42. The van der Waals surface area contributed by atoms with E-state index in [0.717, 1.165) is 33.0 Å². The molecule has 14 nitrogen and oxygen atoms in total. The second-order valence-electron chi connectivity index (χ2n) is 11.4. The van der Waals surface area contributed by atoms with E-state index < -0.39 is 0 Å². The second-order valence-corrected chi connectivity index (χ2v) is 13.5. The SMILES string of the molecule is Cc1nc(-n2ccc(CC(=O)Nc3cc(C4CC4)[nH]n3)n2)cs1.Cc1nc(-n2ccc(CC(=O)Nc3cc(C4CC4)[nH]n3)n2)cs1. The van der Waals surface area contributed by atoms with Crippen molar-refractivity contribution in [1.29, 1.82) is 0 Å². The highest BCUT2D eigenvalue weighted by Crippen LogP contribution is 2.40. The zero-order chi connectivity index (χ0) is 31.6. The van der Waals surface area contributed by atoms with E-state index in [1.165, 1.54) is 25.7 Å². The molecule has 0 saturated heterocycles. The van der Waals surface area contributed by atoms with E-state index >= 15 is 0 Å². The summed E-state index contributed by atoms with van der Waals surface area (Å²) in [4.78, 5) is 32.9. The Morgan fingerprint density at radius 2 is 1.20 bits per heavy atom. The van der Waals surface area contributed by atoms with Crippen LogP contribution in [0.3, 0.4) is 0 Å². The Morgan fingerprint density at radius 3 is 1.57 bits per heavy atom. The Labute approximate surface area is 271 Å². The van der Waals surface area contributed by atoms with E-state index in [-0.39, 0.29) is 24.7 Å². The predicted octanol–water partition coefficient (Wildman–Crippen LogP) is 4.84. The van der Waals surface area contributed by atoms with Gasteiger partial charge in [0.05, 0.1) is 34.2 Å². The molecular formula is C30H32N12O2S2. The van der Waals surface area contributed by atoms with Gasteiger partial charge in [-0.05, 0) is 51.7 Å². The molecule has 2 aliphatic carbocycles. The molecule has 2 aliphatic rings. The zero-order valence-corrected chi connectivity index (χ0v) is 26.9. The molecule has 236 valence electrons. The molecule has 0 aliphatic heterocycles. The Hall–Kier alpha value is -4.96. The van der Waals surface area contributed by atoms with E-state index in [4.69, 9.17) is 0 Å². The van der Waals surface area contributed by atoms with Crippen molar-refractivity contribution in [1.82, 2.24) is 49.9 Å². The largest absolute Gasteiger partial charge is 0.309 e. The van der Waals surface area contributed by atoms with Gasteiger partial charge in [0.1, 0.15) is 0 Å². The first-order valence-electron chi connectivity index (χ1n) is 15.0. The molecule has 2 amide bonds. The average Bonchev–Trinajstić information content (AvgIpc) is 3.54. The Bertz CT molecular complexity index is 1830. The van der Waals surface area contributed by atoms with Crippen molar-refractivity contribution in [3.63, 3.8) is 0 Å².